The minimum absolute atomic E-state index is 0.0273. The zero-order valence-electron chi connectivity index (χ0n) is 19.8. The van der Waals surface area contributed by atoms with Gasteiger partial charge in [-0.15, -0.1) is 0 Å². The van der Waals surface area contributed by atoms with Crippen molar-refractivity contribution >= 4 is 17.6 Å². The molecule has 0 saturated heterocycles. The lowest BCUT2D eigenvalue weighted by Crippen LogP contribution is -2.66. The Kier molecular flexibility index (Phi) is 6.11. The Bertz CT molecular complexity index is 1200. The van der Waals surface area contributed by atoms with Crippen LogP contribution in [0.3, 0.4) is 0 Å². The number of allylic oxidation sites excluding steroid dienone is 1. The average Bonchev–Trinajstić information content (AvgIpc) is 3.00. The maximum absolute atomic E-state index is 14.8. The molecule has 184 valence electrons. The second-order valence-electron chi connectivity index (χ2n) is 10.0. The van der Waals surface area contributed by atoms with E-state index in [2.05, 4.69) is 0 Å². The number of aryl methyl sites for hydroxylation is 1. The normalized spacial score (nSPS) is 21.8. The maximum Gasteiger partial charge on any atom is 0.425 e. The molecule has 35 heavy (non-hydrogen) atoms. The predicted octanol–water partition coefficient (Wildman–Crippen LogP) is 4.75. The highest BCUT2D eigenvalue weighted by Crippen LogP contribution is 2.51. The lowest BCUT2D eigenvalue weighted by molar-refractivity contribution is -0.190. The summed E-state index contributed by atoms with van der Waals surface area (Å²) in [5.74, 6) is -3.17. The van der Waals surface area contributed by atoms with Crippen molar-refractivity contribution in [1.29, 1.82) is 0 Å². The summed E-state index contributed by atoms with van der Waals surface area (Å²) in [4.78, 5) is 40.9. The quantitative estimate of drug-likeness (QED) is 0.666. The molecule has 1 aliphatic heterocycles. The van der Waals surface area contributed by atoms with Crippen LogP contribution in [0, 0.1) is 12.3 Å². The molecule has 1 heterocycles. The molecule has 2 aromatic carbocycles. The van der Waals surface area contributed by atoms with E-state index in [1.165, 1.54) is 12.1 Å². The molecule has 5 nitrogen and oxygen atoms in total. The Morgan fingerprint density at radius 3 is 2.23 bits per heavy atom. The minimum atomic E-state index is -5.22. The third-order valence-electron chi connectivity index (χ3n) is 6.63. The molecule has 0 fully saturated rings. The number of nitrogens with zero attached hydrogens (tertiary/aromatic N) is 1. The number of benzene rings is 2. The van der Waals surface area contributed by atoms with E-state index in [0.29, 0.717) is 6.42 Å². The molecular weight excluding hydrogens is 457 g/mol. The summed E-state index contributed by atoms with van der Waals surface area (Å²) in [6, 6.07) is 15.0. The third kappa shape index (κ3) is 4.37. The molecule has 0 bridgehead atoms. The van der Waals surface area contributed by atoms with Crippen LogP contribution in [0.1, 0.15) is 48.2 Å². The summed E-state index contributed by atoms with van der Waals surface area (Å²) in [5, 5.41) is 1.97. The van der Waals surface area contributed by atoms with E-state index in [-0.39, 0.29) is 30.6 Å². The molecule has 0 saturated carbocycles. The average molecular weight is 485 g/mol. The number of Topliss-reactive ketones (excluding diaryl/α,β-unsaturated/α-hetero) is 1. The molecule has 8 heteroatoms. The molecule has 0 radical (unpaired) electrons. The third-order valence-corrected chi connectivity index (χ3v) is 6.63. The minimum Gasteiger partial charge on any atom is -0.326 e. The van der Waals surface area contributed by atoms with Crippen LogP contribution in [0.4, 0.5) is 13.2 Å². The van der Waals surface area contributed by atoms with Gasteiger partial charge in [0.2, 0.25) is 5.54 Å². The molecule has 1 aliphatic carbocycles. The topological polar surface area (TPSA) is 66.5 Å². The number of carbonyl (C=O) groups is 3. The molecule has 4 rings (SSSR count). The van der Waals surface area contributed by atoms with Crippen molar-refractivity contribution in [3.63, 3.8) is 0 Å². The number of nitrogens with one attached hydrogen (secondary N) is 1. The molecule has 0 aromatic heterocycles. The van der Waals surface area contributed by atoms with Gasteiger partial charge in [0.25, 0.3) is 11.8 Å². The standard InChI is InChI=1S/C27H27F3N2O3/c1-17-9-11-19(12-10-17)23(34)31-26(27(28,29)30)22-20(15-25(2,3)16-21(22)33)32(24(26)35)14-13-18-7-5-4-6-8-18/h4-12H,13-16H2,1-3H3,(H,31,34)/t26-/m1/s1. The van der Waals surface area contributed by atoms with Crippen molar-refractivity contribution < 1.29 is 27.6 Å². The second kappa shape index (κ2) is 8.66. The molecule has 1 N–H and O–H groups in total. The summed E-state index contributed by atoms with van der Waals surface area (Å²) in [6.07, 6.45) is -4.95. The van der Waals surface area contributed by atoms with E-state index >= 15 is 0 Å². The van der Waals surface area contributed by atoms with Crippen molar-refractivity contribution in [2.75, 3.05) is 6.54 Å². The molecule has 2 aromatic rings. The van der Waals surface area contributed by atoms with Crippen LogP contribution in [0.25, 0.3) is 0 Å². The van der Waals surface area contributed by atoms with Gasteiger partial charge in [-0.05, 0) is 42.9 Å². The first-order valence-electron chi connectivity index (χ1n) is 11.4. The van der Waals surface area contributed by atoms with Crippen LogP contribution < -0.4 is 5.32 Å². The molecule has 0 unspecified atom stereocenters. The van der Waals surface area contributed by atoms with Crippen molar-refractivity contribution in [2.24, 2.45) is 5.41 Å². The number of hydrogen-bond acceptors (Lipinski definition) is 3. The van der Waals surface area contributed by atoms with E-state index in [1.54, 1.807) is 45.0 Å². The molecule has 2 aliphatic rings. The molecule has 0 spiro atoms. The van der Waals surface area contributed by atoms with Gasteiger partial charge in [-0.25, -0.2) is 0 Å². The zero-order valence-corrected chi connectivity index (χ0v) is 19.8. The summed E-state index contributed by atoms with van der Waals surface area (Å²) in [5.41, 5.74) is -3.00. The van der Waals surface area contributed by atoms with Crippen molar-refractivity contribution in [2.45, 2.75) is 51.7 Å². The first kappa shape index (κ1) is 24.7. The Labute approximate surface area is 202 Å². The molecule has 1 atom stereocenters. The van der Waals surface area contributed by atoms with Crippen LogP contribution in [-0.4, -0.2) is 40.8 Å². The summed E-state index contributed by atoms with van der Waals surface area (Å²) in [6.45, 7) is 5.31. The Morgan fingerprint density at radius 2 is 1.63 bits per heavy atom. The number of amides is 2. The number of hydrogen-bond donors (Lipinski definition) is 1. The first-order valence-corrected chi connectivity index (χ1v) is 11.4. The fourth-order valence-electron chi connectivity index (χ4n) is 4.90. The zero-order chi connectivity index (χ0) is 25.6. The van der Waals surface area contributed by atoms with Crippen molar-refractivity contribution in [3.8, 4) is 0 Å². The lowest BCUT2D eigenvalue weighted by atomic mass is 9.72. The van der Waals surface area contributed by atoms with Crippen LogP contribution >= 0.6 is 0 Å². The SMILES string of the molecule is Cc1ccc(C(=O)N[C@@]2(C(F)(F)F)C(=O)N(CCc3ccccc3)C3=C2C(=O)CC(C)(C)C3)cc1. The molecular formula is C27H27F3N2O3. The van der Waals surface area contributed by atoms with Gasteiger partial charge in [-0.2, -0.15) is 13.2 Å². The van der Waals surface area contributed by atoms with Crippen molar-refractivity contribution in [1.82, 2.24) is 10.2 Å². The highest BCUT2D eigenvalue weighted by molar-refractivity contribution is 6.14. The van der Waals surface area contributed by atoms with Gasteiger partial charge < -0.3 is 10.2 Å². The summed E-state index contributed by atoms with van der Waals surface area (Å²) >= 11 is 0. The summed E-state index contributed by atoms with van der Waals surface area (Å²) in [7, 11) is 0. The highest BCUT2D eigenvalue weighted by atomic mass is 19.4. The van der Waals surface area contributed by atoms with Gasteiger partial charge in [-0.1, -0.05) is 61.9 Å². The molecule has 2 amide bonds. The van der Waals surface area contributed by atoms with Gasteiger partial charge in [0, 0.05) is 24.2 Å². The van der Waals surface area contributed by atoms with Gasteiger partial charge in [0.1, 0.15) is 0 Å². The van der Waals surface area contributed by atoms with Crippen LogP contribution in [0.2, 0.25) is 0 Å². The van der Waals surface area contributed by atoms with E-state index < -0.39 is 40.3 Å². The van der Waals surface area contributed by atoms with Gasteiger partial charge in [-0.3, -0.25) is 14.4 Å². The Hall–Kier alpha value is -3.42. The van der Waals surface area contributed by atoms with Crippen molar-refractivity contribution in [3.05, 3.63) is 82.6 Å². The second-order valence-corrected chi connectivity index (χ2v) is 10.0. The predicted molar refractivity (Wildman–Crippen MR) is 124 cm³/mol. The van der Waals surface area contributed by atoms with Crippen LogP contribution in [-0.2, 0) is 16.0 Å². The van der Waals surface area contributed by atoms with Gasteiger partial charge >= 0.3 is 6.18 Å². The number of rotatable bonds is 5. The highest BCUT2D eigenvalue weighted by Gasteiger charge is 2.71. The monoisotopic (exact) mass is 484 g/mol. The Morgan fingerprint density at radius 1 is 1.00 bits per heavy atom. The van der Waals surface area contributed by atoms with Gasteiger partial charge in [0.05, 0.1) is 5.57 Å². The van der Waals surface area contributed by atoms with E-state index in [9.17, 15) is 27.6 Å². The number of ketones is 1. The van der Waals surface area contributed by atoms with Gasteiger partial charge in [0.15, 0.2) is 5.78 Å². The van der Waals surface area contributed by atoms with E-state index in [1.807, 2.05) is 23.5 Å². The fourth-order valence-corrected chi connectivity index (χ4v) is 4.90. The number of carbonyl (C=O) groups excluding carboxylic acids is 3. The summed E-state index contributed by atoms with van der Waals surface area (Å²) < 4.78 is 44.5. The largest absolute Gasteiger partial charge is 0.425 e. The smallest absolute Gasteiger partial charge is 0.326 e. The fraction of sp³-hybridized carbons (Fsp3) is 0.370. The number of halogens is 3. The van der Waals surface area contributed by atoms with Crippen LogP contribution in [0.15, 0.2) is 65.9 Å². The first-order chi connectivity index (χ1) is 16.4. The maximum atomic E-state index is 14.8. The lowest BCUT2D eigenvalue weighted by Gasteiger charge is -2.35. The van der Waals surface area contributed by atoms with E-state index in [0.717, 1.165) is 16.0 Å². The number of alkyl halides is 3. The van der Waals surface area contributed by atoms with E-state index in [4.69, 9.17) is 0 Å². The van der Waals surface area contributed by atoms with Crippen LogP contribution in [0.5, 0.6) is 0 Å². The Balaban J connectivity index is 1.80.